The Morgan fingerprint density at radius 2 is 2.62 bits per heavy atom. The third-order valence-corrected chi connectivity index (χ3v) is 0.496. The highest BCUT2D eigenvalue weighted by molar-refractivity contribution is 5.72. The fourth-order valence-electron chi connectivity index (χ4n) is 0.256. The maximum absolute atomic E-state index is 10.2. The molecule has 0 aromatic carbocycles. The molecule has 0 rings (SSSR count). The first kappa shape index (κ1) is 7.03. The molecule has 0 heterocycles. The highest BCUT2D eigenvalue weighted by atomic mass is 16.5. The Labute approximate surface area is 48.8 Å². The first-order valence-corrected chi connectivity index (χ1v) is 2.22. The van der Waals surface area contributed by atoms with Gasteiger partial charge in [-0.1, -0.05) is 5.92 Å². The van der Waals surface area contributed by atoms with E-state index in [0.29, 0.717) is 0 Å². The third-order valence-electron chi connectivity index (χ3n) is 0.496. The van der Waals surface area contributed by atoms with Crippen LogP contribution < -0.4 is 0 Å². The maximum Gasteiger partial charge on any atom is 0.318 e. The minimum atomic E-state index is -0.380. The molecular weight excluding hydrogens is 104 g/mol. The molecule has 0 saturated carbocycles. The number of ether oxygens (including phenoxy) is 1. The van der Waals surface area contributed by atoms with Crippen molar-refractivity contribution in [2.24, 2.45) is 0 Å². The van der Waals surface area contributed by atoms with E-state index in [0.717, 1.165) is 0 Å². The summed E-state index contributed by atoms with van der Waals surface area (Å²) in [5, 5.41) is 0. The van der Waals surface area contributed by atoms with E-state index in [1.807, 2.05) is 0 Å². The van der Waals surface area contributed by atoms with Gasteiger partial charge in [0.05, 0.1) is 0 Å². The highest BCUT2D eigenvalue weighted by Crippen LogP contribution is 1.84. The molecule has 0 fully saturated rings. The minimum Gasteiger partial charge on any atom is -0.458 e. The van der Waals surface area contributed by atoms with Gasteiger partial charge < -0.3 is 4.74 Å². The van der Waals surface area contributed by atoms with Crippen LogP contribution in [0.15, 0.2) is 0 Å². The standard InChI is InChI=1S/C6H7O2/c1-3-5-6(7)8-4-2/h1,4H,5H2,2H3. The van der Waals surface area contributed by atoms with E-state index in [1.165, 1.54) is 6.61 Å². The fraction of sp³-hybridized carbons (Fsp3) is 0.333. The molecule has 0 unspecified atom stereocenters. The van der Waals surface area contributed by atoms with Gasteiger partial charge in [-0.25, -0.2) is 0 Å². The van der Waals surface area contributed by atoms with Gasteiger partial charge in [0.2, 0.25) is 0 Å². The smallest absolute Gasteiger partial charge is 0.318 e. The summed E-state index contributed by atoms with van der Waals surface area (Å²) in [4.78, 5) is 10.2. The number of hydrogen-bond donors (Lipinski definition) is 0. The number of carbonyl (C=O) groups excluding carboxylic acids is 1. The van der Waals surface area contributed by atoms with Crippen molar-refractivity contribution in [3.8, 4) is 12.3 Å². The zero-order chi connectivity index (χ0) is 6.41. The average Bonchev–Trinajstić information content (AvgIpc) is 1.68. The zero-order valence-electron chi connectivity index (χ0n) is 4.68. The summed E-state index contributed by atoms with van der Waals surface area (Å²) in [5.74, 6) is 1.78. The van der Waals surface area contributed by atoms with Crippen molar-refractivity contribution in [2.75, 3.05) is 0 Å². The Morgan fingerprint density at radius 3 is 3.00 bits per heavy atom. The van der Waals surface area contributed by atoms with Gasteiger partial charge in [-0.2, -0.15) is 0 Å². The molecule has 0 aliphatic heterocycles. The molecule has 0 amide bonds. The lowest BCUT2D eigenvalue weighted by atomic mass is 10.5. The molecule has 0 atom stereocenters. The molecular formula is C6H7O2. The van der Waals surface area contributed by atoms with E-state index in [-0.39, 0.29) is 12.4 Å². The molecule has 0 aliphatic carbocycles. The molecule has 8 heavy (non-hydrogen) atoms. The van der Waals surface area contributed by atoms with E-state index in [9.17, 15) is 4.79 Å². The summed E-state index contributed by atoms with van der Waals surface area (Å²) in [6.45, 7) is 2.92. The van der Waals surface area contributed by atoms with Crippen molar-refractivity contribution in [3.05, 3.63) is 6.61 Å². The van der Waals surface area contributed by atoms with Crippen LogP contribution >= 0.6 is 0 Å². The molecule has 0 N–H and O–H groups in total. The number of carbonyl (C=O) groups is 1. The van der Waals surface area contributed by atoms with Crippen LogP contribution in [-0.2, 0) is 9.53 Å². The Hall–Kier alpha value is -0.970. The normalized spacial score (nSPS) is 7.50. The van der Waals surface area contributed by atoms with E-state index in [1.54, 1.807) is 6.92 Å². The van der Waals surface area contributed by atoms with Gasteiger partial charge in [0.25, 0.3) is 0 Å². The van der Waals surface area contributed by atoms with Crippen LogP contribution in [0.5, 0.6) is 0 Å². The minimum absolute atomic E-state index is 0.0460. The largest absolute Gasteiger partial charge is 0.458 e. The van der Waals surface area contributed by atoms with Gasteiger partial charge >= 0.3 is 5.97 Å². The van der Waals surface area contributed by atoms with Crippen LogP contribution in [0.2, 0.25) is 0 Å². The second-order valence-corrected chi connectivity index (χ2v) is 1.11. The first-order chi connectivity index (χ1) is 3.81. The Kier molecular flexibility index (Phi) is 3.69. The summed E-state index contributed by atoms with van der Waals surface area (Å²) < 4.78 is 4.38. The molecule has 1 radical (unpaired) electrons. The van der Waals surface area contributed by atoms with Crippen molar-refractivity contribution in [2.45, 2.75) is 13.3 Å². The van der Waals surface area contributed by atoms with Crippen molar-refractivity contribution >= 4 is 5.97 Å². The van der Waals surface area contributed by atoms with Gasteiger partial charge in [-0.3, -0.25) is 4.79 Å². The monoisotopic (exact) mass is 111 g/mol. The summed E-state index contributed by atoms with van der Waals surface area (Å²) in [6.07, 6.45) is 4.84. The summed E-state index contributed by atoms with van der Waals surface area (Å²) in [7, 11) is 0. The first-order valence-electron chi connectivity index (χ1n) is 2.22. The summed E-state index contributed by atoms with van der Waals surface area (Å²) >= 11 is 0. The van der Waals surface area contributed by atoms with Crippen molar-refractivity contribution in [1.29, 1.82) is 0 Å². The topological polar surface area (TPSA) is 26.3 Å². The summed E-state index contributed by atoms with van der Waals surface area (Å²) in [5.41, 5.74) is 0. The number of hydrogen-bond acceptors (Lipinski definition) is 2. The van der Waals surface area contributed by atoms with E-state index >= 15 is 0 Å². The van der Waals surface area contributed by atoms with Crippen LogP contribution in [0.25, 0.3) is 0 Å². The fourth-order valence-corrected chi connectivity index (χ4v) is 0.256. The highest BCUT2D eigenvalue weighted by Gasteiger charge is 1.94. The van der Waals surface area contributed by atoms with E-state index < -0.39 is 0 Å². The number of esters is 1. The third kappa shape index (κ3) is 3.23. The average molecular weight is 111 g/mol. The molecule has 2 heteroatoms. The molecule has 0 spiro atoms. The lowest BCUT2D eigenvalue weighted by molar-refractivity contribution is -0.138. The second-order valence-electron chi connectivity index (χ2n) is 1.11. The van der Waals surface area contributed by atoms with Crippen LogP contribution in [0.3, 0.4) is 0 Å². The number of rotatable bonds is 2. The van der Waals surface area contributed by atoms with E-state index in [4.69, 9.17) is 6.42 Å². The SMILES string of the molecule is C#CCC(=O)O[CH]C. The lowest BCUT2D eigenvalue weighted by Gasteiger charge is -1.92. The summed E-state index contributed by atoms with van der Waals surface area (Å²) in [6, 6.07) is 0. The van der Waals surface area contributed by atoms with Gasteiger partial charge in [-0.15, -0.1) is 6.42 Å². The lowest BCUT2D eigenvalue weighted by Crippen LogP contribution is -1.97. The molecule has 43 valence electrons. The second kappa shape index (κ2) is 4.20. The predicted octanol–water partition coefficient (Wildman–Crippen LogP) is 0.735. The quantitative estimate of drug-likeness (QED) is 0.388. The van der Waals surface area contributed by atoms with Crippen LogP contribution in [0.1, 0.15) is 13.3 Å². The van der Waals surface area contributed by atoms with Crippen molar-refractivity contribution in [3.63, 3.8) is 0 Å². The van der Waals surface area contributed by atoms with E-state index in [2.05, 4.69) is 10.7 Å². The Bertz CT molecular complexity index is 110. The van der Waals surface area contributed by atoms with Gasteiger partial charge in [-0.05, 0) is 6.92 Å². The van der Waals surface area contributed by atoms with Crippen molar-refractivity contribution in [1.82, 2.24) is 0 Å². The van der Waals surface area contributed by atoms with Crippen LogP contribution in [-0.4, -0.2) is 5.97 Å². The molecule has 0 aromatic heterocycles. The molecule has 0 bridgehead atoms. The van der Waals surface area contributed by atoms with Gasteiger partial charge in [0, 0.05) is 0 Å². The molecule has 0 aromatic rings. The Balaban J connectivity index is 3.23. The molecule has 0 saturated heterocycles. The Morgan fingerprint density at radius 1 is 2.00 bits per heavy atom. The van der Waals surface area contributed by atoms with Crippen LogP contribution in [0, 0.1) is 19.0 Å². The van der Waals surface area contributed by atoms with Crippen LogP contribution in [0.4, 0.5) is 0 Å². The molecule has 0 aliphatic rings. The van der Waals surface area contributed by atoms with Gasteiger partial charge in [0.15, 0.2) is 0 Å². The zero-order valence-corrected chi connectivity index (χ0v) is 4.68. The maximum atomic E-state index is 10.2. The molecule has 2 nitrogen and oxygen atoms in total. The van der Waals surface area contributed by atoms with Gasteiger partial charge in [0.1, 0.15) is 13.0 Å². The van der Waals surface area contributed by atoms with Crippen molar-refractivity contribution < 1.29 is 9.53 Å². The number of terminal acetylenes is 1. The predicted molar refractivity (Wildman–Crippen MR) is 29.5 cm³/mol.